The van der Waals surface area contributed by atoms with Gasteiger partial charge in [-0.15, -0.1) is 0 Å². The molecule has 2 amide bonds. The molecule has 1 aliphatic carbocycles. The first kappa shape index (κ1) is 19.9. The fraction of sp³-hybridized carbons (Fsp3) is 0.391. The molecule has 1 fully saturated rings. The molecule has 5 nitrogen and oxygen atoms in total. The standard InChI is InChI=1S/C23H28N2O3/c1-28-21-14-8-7-13-20(21)25-23(27)19-12-6-5-11-18(19)22(26)24-16-15-17-9-3-2-4-10-17/h2-4,7-10,13-14,18-19H,5-6,11-12,15-16H2,1H3,(H,24,26)(H,25,27). The van der Waals surface area contributed by atoms with Crippen molar-refractivity contribution in [2.24, 2.45) is 11.8 Å². The Morgan fingerprint density at radius 3 is 2.29 bits per heavy atom. The molecule has 0 aromatic heterocycles. The zero-order valence-corrected chi connectivity index (χ0v) is 16.3. The van der Waals surface area contributed by atoms with E-state index in [-0.39, 0.29) is 23.7 Å². The Balaban J connectivity index is 1.59. The Labute approximate surface area is 166 Å². The molecule has 2 unspecified atom stereocenters. The first-order chi connectivity index (χ1) is 13.7. The van der Waals surface area contributed by atoms with E-state index >= 15 is 0 Å². The summed E-state index contributed by atoms with van der Waals surface area (Å²) in [5.74, 6) is -0.0895. The van der Waals surface area contributed by atoms with E-state index in [9.17, 15) is 9.59 Å². The molecule has 0 bridgehead atoms. The van der Waals surface area contributed by atoms with E-state index in [1.165, 1.54) is 5.56 Å². The number of ether oxygens (including phenoxy) is 1. The number of nitrogens with one attached hydrogen (secondary N) is 2. The highest BCUT2D eigenvalue weighted by Gasteiger charge is 2.35. The van der Waals surface area contributed by atoms with Crippen LogP contribution < -0.4 is 15.4 Å². The van der Waals surface area contributed by atoms with E-state index < -0.39 is 0 Å². The van der Waals surface area contributed by atoms with Gasteiger partial charge in [0, 0.05) is 18.4 Å². The van der Waals surface area contributed by atoms with Gasteiger partial charge in [0.2, 0.25) is 11.8 Å². The van der Waals surface area contributed by atoms with Crippen LogP contribution in [-0.2, 0) is 16.0 Å². The molecular formula is C23H28N2O3. The van der Waals surface area contributed by atoms with Gasteiger partial charge in [0.15, 0.2) is 0 Å². The van der Waals surface area contributed by atoms with Crippen LogP contribution in [0.5, 0.6) is 5.75 Å². The van der Waals surface area contributed by atoms with Crippen molar-refractivity contribution >= 4 is 17.5 Å². The number of benzene rings is 2. The largest absolute Gasteiger partial charge is 0.495 e. The Bertz CT molecular complexity index is 791. The number of hydrogen-bond acceptors (Lipinski definition) is 3. The van der Waals surface area contributed by atoms with Gasteiger partial charge >= 0.3 is 0 Å². The molecule has 3 rings (SSSR count). The Kier molecular flexibility index (Phi) is 7.06. The number of methoxy groups -OCH3 is 1. The summed E-state index contributed by atoms with van der Waals surface area (Å²) in [6.45, 7) is 0.584. The maximum atomic E-state index is 12.9. The van der Waals surface area contributed by atoms with Crippen LogP contribution in [0.1, 0.15) is 31.2 Å². The van der Waals surface area contributed by atoms with Gasteiger partial charge in [-0.3, -0.25) is 9.59 Å². The van der Waals surface area contributed by atoms with Crippen LogP contribution in [0.15, 0.2) is 54.6 Å². The van der Waals surface area contributed by atoms with Gasteiger partial charge in [-0.25, -0.2) is 0 Å². The molecule has 5 heteroatoms. The highest BCUT2D eigenvalue weighted by atomic mass is 16.5. The third kappa shape index (κ3) is 5.12. The van der Waals surface area contributed by atoms with Crippen LogP contribution in [0.3, 0.4) is 0 Å². The number of hydrogen-bond donors (Lipinski definition) is 2. The molecule has 148 valence electrons. The van der Waals surface area contributed by atoms with Crippen molar-refractivity contribution in [3.05, 3.63) is 60.2 Å². The smallest absolute Gasteiger partial charge is 0.228 e. The second-order valence-corrected chi connectivity index (χ2v) is 7.21. The maximum Gasteiger partial charge on any atom is 0.228 e. The fourth-order valence-corrected chi connectivity index (χ4v) is 3.84. The second-order valence-electron chi connectivity index (χ2n) is 7.21. The topological polar surface area (TPSA) is 67.4 Å². The van der Waals surface area contributed by atoms with E-state index in [1.807, 2.05) is 42.5 Å². The third-order valence-corrected chi connectivity index (χ3v) is 5.36. The maximum absolute atomic E-state index is 12.9. The lowest BCUT2D eigenvalue weighted by molar-refractivity contribution is -0.134. The lowest BCUT2D eigenvalue weighted by Crippen LogP contribution is -2.42. The number of carbonyl (C=O) groups excluding carboxylic acids is 2. The summed E-state index contributed by atoms with van der Waals surface area (Å²) in [6, 6.07) is 17.4. The molecule has 0 aliphatic heterocycles. The van der Waals surface area contributed by atoms with E-state index in [0.29, 0.717) is 18.0 Å². The van der Waals surface area contributed by atoms with Crippen molar-refractivity contribution in [3.8, 4) is 5.75 Å². The van der Waals surface area contributed by atoms with Crippen molar-refractivity contribution in [1.82, 2.24) is 5.32 Å². The van der Waals surface area contributed by atoms with Gasteiger partial charge < -0.3 is 15.4 Å². The summed E-state index contributed by atoms with van der Waals surface area (Å²) >= 11 is 0. The zero-order valence-electron chi connectivity index (χ0n) is 16.3. The predicted octanol–water partition coefficient (Wildman–Crippen LogP) is 3.80. The van der Waals surface area contributed by atoms with E-state index in [1.54, 1.807) is 7.11 Å². The van der Waals surface area contributed by atoms with Gasteiger partial charge in [-0.05, 0) is 37.0 Å². The van der Waals surface area contributed by atoms with Crippen LogP contribution in [0.4, 0.5) is 5.69 Å². The number of carbonyl (C=O) groups is 2. The number of amides is 2. The van der Waals surface area contributed by atoms with Gasteiger partial charge in [-0.2, -0.15) is 0 Å². The molecule has 0 heterocycles. The molecule has 0 spiro atoms. The van der Waals surface area contributed by atoms with E-state index in [2.05, 4.69) is 22.8 Å². The lowest BCUT2D eigenvalue weighted by atomic mass is 9.78. The zero-order chi connectivity index (χ0) is 19.8. The van der Waals surface area contributed by atoms with Crippen molar-refractivity contribution in [1.29, 1.82) is 0 Å². The van der Waals surface area contributed by atoms with Gasteiger partial charge in [0.05, 0.1) is 12.8 Å². The Morgan fingerprint density at radius 1 is 0.929 bits per heavy atom. The molecule has 2 atom stereocenters. The summed E-state index contributed by atoms with van der Waals surface area (Å²) in [5, 5.41) is 5.98. The lowest BCUT2D eigenvalue weighted by Gasteiger charge is -2.29. The van der Waals surface area contributed by atoms with E-state index in [4.69, 9.17) is 4.74 Å². The minimum atomic E-state index is -0.310. The van der Waals surface area contributed by atoms with Gasteiger partial charge in [0.25, 0.3) is 0 Å². The highest BCUT2D eigenvalue weighted by Crippen LogP contribution is 2.32. The molecule has 28 heavy (non-hydrogen) atoms. The minimum Gasteiger partial charge on any atom is -0.495 e. The fourth-order valence-electron chi connectivity index (χ4n) is 3.84. The summed E-state index contributed by atoms with van der Waals surface area (Å²) in [5.41, 5.74) is 1.83. The molecule has 2 N–H and O–H groups in total. The third-order valence-electron chi connectivity index (χ3n) is 5.36. The SMILES string of the molecule is COc1ccccc1NC(=O)C1CCCCC1C(=O)NCCc1ccccc1. The Hall–Kier alpha value is -2.82. The van der Waals surface area contributed by atoms with Crippen LogP contribution in [0.25, 0.3) is 0 Å². The molecule has 0 saturated heterocycles. The van der Waals surface area contributed by atoms with Crippen molar-refractivity contribution < 1.29 is 14.3 Å². The highest BCUT2D eigenvalue weighted by molar-refractivity contribution is 5.97. The molecule has 1 saturated carbocycles. The van der Waals surface area contributed by atoms with Crippen molar-refractivity contribution in [3.63, 3.8) is 0 Å². The molecule has 2 aromatic carbocycles. The summed E-state index contributed by atoms with van der Waals surface area (Å²) < 4.78 is 5.31. The molecular weight excluding hydrogens is 352 g/mol. The summed E-state index contributed by atoms with van der Waals surface area (Å²) in [6.07, 6.45) is 4.23. The number of rotatable bonds is 7. The number of para-hydroxylation sites is 2. The Morgan fingerprint density at radius 2 is 1.57 bits per heavy atom. The van der Waals surface area contributed by atoms with Crippen molar-refractivity contribution in [2.75, 3.05) is 19.0 Å². The summed E-state index contributed by atoms with van der Waals surface area (Å²) in [7, 11) is 1.58. The van der Waals surface area contributed by atoms with Gasteiger partial charge in [-0.1, -0.05) is 55.3 Å². The average Bonchev–Trinajstić information content (AvgIpc) is 2.74. The van der Waals surface area contributed by atoms with Crippen LogP contribution in [0.2, 0.25) is 0 Å². The van der Waals surface area contributed by atoms with Gasteiger partial charge in [0.1, 0.15) is 5.75 Å². The monoisotopic (exact) mass is 380 g/mol. The van der Waals surface area contributed by atoms with Crippen LogP contribution in [0, 0.1) is 11.8 Å². The minimum absolute atomic E-state index is 0.0178. The second kappa shape index (κ2) is 9.93. The predicted molar refractivity (Wildman–Crippen MR) is 110 cm³/mol. The average molecular weight is 380 g/mol. The summed E-state index contributed by atoms with van der Waals surface area (Å²) in [4.78, 5) is 25.7. The number of anilines is 1. The van der Waals surface area contributed by atoms with E-state index in [0.717, 1.165) is 32.1 Å². The normalized spacial score (nSPS) is 18.9. The molecule has 2 aromatic rings. The molecule has 0 radical (unpaired) electrons. The molecule has 1 aliphatic rings. The van der Waals surface area contributed by atoms with Crippen LogP contribution in [-0.4, -0.2) is 25.5 Å². The quantitative estimate of drug-likeness (QED) is 0.768. The van der Waals surface area contributed by atoms with Crippen LogP contribution >= 0.6 is 0 Å². The first-order valence-corrected chi connectivity index (χ1v) is 9.94. The first-order valence-electron chi connectivity index (χ1n) is 9.94. The van der Waals surface area contributed by atoms with Crippen molar-refractivity contribution in [2.45, 2.75) is 32.1 Å².